The van der Waals surface area contributed by atoms with Crippen LogP contribution in [0.2, 0.25) is 0 Å². The third-order valence-corrected chi connectivity index (χ3v) is 5.62. The smallest absolute Gasteiger partial charge is 0.340 e. The zero-order valence-electron chi connectivity index (χ0n) is 11.7. The van der Waals surface area contributed by atoms with Gasteiger partial charge in [0.25, 0.3) is 0 Å². The predicted molar refractivity (Wildman–Crippen MR) is 68.6 cm³/mol. The second-order valence-electron chi connectivity index (χ2n) is 6.65. The molecule has 0 aromatic heterocycles. The van der Waals surface area contributed by atoms with E-state index >= 15 is 0 Å². The molecule has 2 rings (SSSR count). The van der Waals surface area contributed by atoms with E-state index in [1.165, 1.54) is 6.42 Å². The minimum atomic E-state index is -0.593. The first-order valence-electron chi connectivity index (χ1n) is 6.61. The van der Waals surface area contributed by atoms with Gasteiger partial charge in [0.2, 0.25) is 0 Å². The van der Waals surface area contributed by atoms with E-state index in [2.05, 4.69) is 27.4 Å². The summed E-state index contributed by atoms with van der Waals surface area (Å²) in [6, 6.07) is 0. The molecule has 3 unspecified atom stereocenters. The van der Waals surface area contributed by atoms with Crippen LogP contribution in [0.4, 0.5) is 0 Å². The SMILES string of the molecule is C=C(C)C(=O)OC(=O)C1CC2CCC1(C)C2(C)C. The Morgan fingerprint density at radius 2 is 1.89 bits per heavy atom. The summed E-state index contributed by atoms with van der Waals surface area (Å²) >= 11 is 0. The van der Waals surface area contributed by atoms with Crippen LogP contribution in [0.15, 0.2) is 12.2 Å². The highest BCUT2D eigenvalue weighted by molar-refractivity contribution is 5.96. The van der Waals surface area contributed by atoms with E-state index in [-0.39, 0.29) is 28.3 Å². The Bertz CT molecular complexity index is 421. The van der Waals surface area contributed by atoms with E-state index in [0.717, 1.165) is 12.8 Å². The van der Waals surface area contributed by atoms with Crippen LogP contribution in [0.1, 0.15) is 47.0 Å². The summed E-state index contributed by atoms with van der Waals surface area (Å²) in [5, 5.41) is 0. The molecule has 0 spiro atoms. The lowest BCUT2D eigenvalue weighted by Gasteiger charge is -2.37. The van der Waals surface area contributed by atoms with Crippen LogP contribution >= 0.6 is 0 Å². The van der Waals surface area contributed by atoms with E-state index in [0.29, 0.717) is 5.92 Å². The van der Waals surface area contributed by atoms with Gasteiger partial charge in [-0.25, -0.2) is 4.79 Å². The van der Waals surface area contributed by atoms with Gasteiger partial charge in [-0.1, -0.05) is 27.4 Å². The zero-order valence-corrected chi connectivity index (χ0v) is 11.7. The van der Waals surface area contributed by atoms with Gasteiger partial charge < -0.3 is 4.74 Å². The molecule has 3 atom stereocenters. The fourth-order valence-electron chi connectivity index (χ4n) is 3.81. The number of carbonyl (C=O) groups excluding carboxylic acids is 2. The number of hydrogen-bond donors (Lipinski definition) is 0. The molecule has 0 aromatic carbocycles. The maximum atomic E-state index is 12.2. The monoisotopic (exact) mass is 250 g/mol. The Hall–Kier alpha value is -1.12. The lowest BCUT2D eigenvalue weighted by atomic mass is 9.67. The number of ether oxygens (including phenoxy) is 1. The molecule has 0 saturated heterocycles. The van der Waals surface area contributed by atoms with Gasteiger partial charge in [-0.2, -0.15) is 0 Å². The van der Waals surface area contributed by atoms with E-state index in [4.69, 9.17) is 4.74 Å². The first kappa shape index (κ1) is 13.3. The second-order valence-corrected chi connectivity index (χ2v) is 6.65. The summed E-state index contributed by atoms with van der Waals surface area (Å²) in [4.78, 5) is 23.6. The highest BCUT2D eigenvalue weighted by atomic mass is 16.6. The Morgan fingerprint density at radius 3 is 2.28 bits per heavy atom. The quantitative estimate of drug-likeness (QED) is 0.429. The highest BCUT2D eigenvalue weighted by Gasteiger charge is 2.63. The predicted octanol–water partition coefficient (Wildman–Crippen LogP) is 3.09. The molecule has 3 nitrogen and oxygen atoms in total. The van der Waals surface area contributed by atoms with Gasteiger partial charge in [0.05, 0.1) is 5.92 Å². The summed E-state index contributed by atoms with van der Waals surface area (Å²) in [6.45, 7) is 11.7. The zero-order chi connectivity index (χ0) is 13.7. The van der Waals surface area contributed by atoms with Gasteiger partial charge in [-0.3, -0.25) is 4.79 Å². The topological polar surface area (TPSA) is 43.4 Å². The average molecular weight is 250 g/mol. The van der Waals surface area contributed by atoms with Crippen LogP contribution < -0.4 is 0 Å². The van der Waals surface area contributed by atoms with Crippen LogP contribution in [0, 0.1) is 22.7 Å². The van der Waals surface area contributed by atoms with Crippen molar-refractivity contribution < 1.29 is 14.3 Å². The van der Waals surface area contributed by atoms with Crippen LogP contribution in [0.3, 0.4) is 0 Å². The molecule has 0 N–H and O–H groups in total. The standard InChI is InChI=1S/C15H22O3/c1-9(2)12(16)18-13(17)11-8-10-6-7-15(11,5)14(10,3)4/h10-11H,1,6-8H2,2-5H3. The molecule has 2 bridgehead atoms. The van der Waals surface area contributed by atoms with Crippen molar-refractivity contribution in [1.82, 2.24) is 0 Å². The van der Waals surface area contributed by atoms with Gasteiger partial charge >= 0.3 is 11.9 Å². The molecule has 3 heteroatoms. The molecule has 18 heavy (non-hydrogen) atoms. The fraction of sp³-hybridized carbons (Fsp3) is 0.733. The van der Waals surface area contributed by atoms with Crippen molar-refractivity contribution in [3.63, 3.8) is 0 Å². The van der Waals surface area contributed by atoms with E-state index in [9.17, 15) is 9.59 Å². The van der Waals surface area contributed by atoms with Crippen molar-refractivity contribution in [2.75, 3.05) is 0 Å². The van der Waals surface area contributed by atoms with Crippen molar-refractivity contribution in [3.05, 3.63) is 12.2 Å². The maximum Gasteiger partial charge on any atom is 0.340 e. The number of esters is 2. The minimum absolute atomic E-state index is 0.0376. The summed E-state index contributed by atoms with van der Waals surface area (Å²) in [7, 11) is 0. The largest absolute Gasteiger partial charge is 0.389 e. The summed E-state index contributed by atoms with van der Waals surface area (Å²) in [5.74, 6) is -0.528. The minimum Gasteiger partial charge on any atom is -0.389 e. The van der Waals surface area contributed by atoms with Crippen LogP contribution in [-0.4, -0.2) is 11.9 Å². The van der Waals surface area contributed by atoms with Crippen LogP contribution in [0.25, 0.3) is 0 Å². The third-order valence-electron chi connectivity index (χ3n) is 5.62. The second kappa shape index (κ2) is 3.94. The molecular weight excluding hydrogens is 228 g/mol. The molecule has 0 aromatic rings. The van der Waals surface area contributed by atoms with Crippen LogP contribution in [-0.2, 0) is 14.3 Å². The number of hydrogen-bond acceptors (Lipinski definition) is 3. The third kappa shape index (κ3) is 1.63. The van der Waals surface area contributed by atoms with Crippen molar-refractivity contribution in [2.45, 2.75) is 47.0 Å². The van der Waals surface area contributed by atoms with Gasteiger partial charge in [0.1, 0.15) is 0 Å². The Morgan fingerprint density at radius 1 is 1.28 bits per heavy atom. The molecule has 2 saturated carbocycles. The highest BCUT2D eigenvalue weighted by Crippen LogP contribution is 2.68. The van der Waals surface area contributed by atoms with Crippen molar-refractivity contribution in [3.8, 4) is 0 Å². The molecule has 0 radical (unpaired) electrons. The van der Waals surface area contributed by atoms with Gasteiger partial charge in [-0.15, -0.1) is 0 Å². The Balaban J connectivity index is 2.15. The van der Waals surface area contributed by atoms with E-state index in [1.54, 1.807) is 6.92 Å². The van der Waals surface area contributed by atoms with Gasteiger partial charge in [0.15, 0.2) is 0 Å². The molecule has 0 aliphatic heterocycles. The summed E-state index contributed by atoms with van der Waals surface area (Å²) in [5.41, 5.74) is 0.392. The Labute approximate surface area is 109 Å². The first-order chi connectivity index (χ1) is 8.20. The van der Waals surface area contributed by atoms with Gasteiger partial charge in [0, 0.05) is 5.57 Å². The van der Waals surface area contributed by atoms with E-state index in [1.807, 2.05) is 0 Å². The number of rotatable bonds is 2. The fourth-order valence-corrected chi connectivity index (χ4v) is 3.81. The molecule has 0 amide bonds. The first-order valence-corrected chi connectivity index (χ1v) is 6.61. The molecule has 2 fully saturated rings. The van der Waals surface area contributed by atoms with Crippen molar-refractivity contribution in [2.24, 2.45) is 22.7 Å². The summed E-state index contributed by atoms with van der Waals surface area (Å²) in [6.07, 6.45) is 3.08. The van der Waals surface area contributed by atoms with Crippen molar-refractivity contribution >= 4 is 11.9 Å². The average Bonchev–Trinajstić information content (AvgIpc) is 2.60. The van der Waals surface area contributed by atoms with Crippen LogP contribution in [0.5, 0.6) is 0 Å². The maximum absolute atomic E-state index is 12.2. The van der Waals surface area contributed by atoms with E-state index < -0.39 is 5.97 Å². The number of fused-ring (bicyclic) bond motifs is 2. The molecule has 0 heterocycles. The molecule has 2 aliphatic carbocycles. The molecule has 2 aliphatic rings. The number of carbonyl (C=O) groups is 2. The molecule has 100 valence electrons. The molecular formula is C15H22O3. The Kier molecular flexibility index (Phi) is 2.91. The summed E-state index contributed by atoms with van der Waals surface area (Å²) < 4.78 is 4.93. The van der Waals surface area contributed by atoms with Gasteiger partial charge in [-0.05, 0) is 42.9 Å². The lowest BCUT2D eigenvalue weighted by Crippen LogP contribution is -2.37. The lowest BCUT2D eigenvalue weighted by molar-refractivity contribution is -0.163. The normalized spacial score (nSPS) is 36.4. The van der Waals surface area contributed by atoms with Crippen molar-refractivity contribution in [1.29, 1.82) is 0 Å².